The van der Waals surface area contributed by atoms with Crippen LogP contribution in [0, 0.1) is 0 Å². The molecule has 0 aromatic heterocycles. The maximum Gasteiger partial charge on any atom is 0.191 e. The summed E-state index contributed by atoms with van der Waals surface area (Å²) < 4.78 is 6.48. The summed E-state index contributed by atoms with van der Waals surface area (Å²) in [5, 5.41) is 7.22. The van der Waals surface area contributed by atoms with E-state index >= 15 is 0 Å². The highest BCUT2D eigenvalue weighted by atomic mass is 127. The summed E-state index contributed by atoms with van der Waals surface area (Å²) in [5.41, 5.74) is 1.27. The Kier molecular flexibility index (Phi) is 7.48. The second-order valence-electron chi connectivity index (χ2n) is 8.29. The van der Waals surface area contributed by atoms with Crippen molar-refractivity contribution in [1.82, 2.24) is 15.5 Å². The third-order valence-corrected chi connectivity index (χ3v) is 6.41. The number of benzene rings is 1. The van der Waals surface area contributed by atoms with Crippen LogP contribution in [0.4, 0.5) is 0 Å². The molecule has 1 aromatic rings. The second kappa shape index (κ2) is 9.65. The van der Waals surface area contributed by atoms with Crippen LogP contribution in [0.5, 0.6) is 5.75 Å². The monoisotopic (exact) mass is 498 g/mol. The Morgan fingerprint density at radius 3 is 2.68 bits per heavy atom. The molecule has 6 heteroatoms. The maximum atomic E-state index is 6.48. The fraction of sp³-hybridized carbons (Fsp3) is 0.682. The van der Waals surface area contributed by atoms with Crippen LogP contribution in [0.2, 0.25) is 0 Å². The fourth-order valence-corrected chi connectivity index (χ4v) is 4.79. The Balaban J connectivity index is 0.00000225. The van der Waals surface area contributed by atoms with Crippen LogP contribution >= 0.6 is 24.0 Å². The fourth-order valence-electron chi connectivity index (χ4n) is 4.79. The topological polar surface area (TPSA) is 48.9 Å². The van der Waals surface area contributed by atoms with E-state index in [0.29, 0.717) is 0 Å². The van der Waals surface area contributed by atoms with Gasteiger partial charge in [-0.3, -0.25) is 9.89 Å². The number of aliphatic imine (C=N–C) groups is 1. The minimum Gasteiger partial charge on any atom is -0.487 e. The van der Waals surface area contributed by atoms with Gasteiger partial charge < -0.3 is 15.4 Å². The van der Waals surface area contributed by atoms with Crippen LogP contribution in [-0.4, -0.2) is 49.2 Å². The van der Waals surface area contributed by atoms with E-state index < -0.39 is 0 Å². The highest BCUT2D eigenvalue weighted by Gasteiger charge is 2.43. The van der Waals surface area contributed by atoms with Gasteiger partial charge in [0.2, 0.25) is 0 Å². The van der Waals surface area contributed by atoms with Crippen molar-refractivity contribution >= 4 is 29.9 Å². The van der Waals surface area contributed by atoms with E-state index in [1.807, 2.05) is 7.05 Å². The van der Waals surface area contributed by atoms with Gasteiger partial charge in [-0.05, 0) is 51.1 Å². The van der Waals surface area contributed by atoms with Gasteiger partial charge in [-0.1, -0.05) is 25.1 Å². The predicted octanol–water partition coefficient (Wildman–Crippen LogP) is 4.09. The number of ether oxygens (including phenoxy) is 1. The second-order valence-corrected chi connectivity index (χ2v) is 8.29. The molecule has 2 aliphatic carbocycles. The van der Waals surface area contributed by atoms with Crippen molar-refractivity contribution in [2.45, 2.75) is 69.6 Å². The van der Waals surface area contributed by atoms with Gasteiger partial charge in [0.15, 0.2) is 5.96 Å². The van der Waals surface area contributed by atoms with Gasteiger partial charge in [0.05, 0.1) is 6.04 Å². The van der Waals surface area contributed by atoms with E-state index in [-0.39, 0.29) is 35.6 Å². The normalized spacial score (nSPS) is 23.1. The van der Waals surface area contributed by atoms with Gasteiger partial charge >= 0.3 is 0 Å². The number of likely N-dealkylation sites (N-methyl/N-ethyl adjacent to an activating group) is 1. The maximum absolute atomic E-state index is 6.48. The molecule has 1 unspecified atom stereocenters. The molecule has 0 bridgehead atoms. The van der Waals surface area contributed by atoms with Crippen molar-refractivity contribution in [1.29, 1.82) is 0 Å². The van der Waals surface area contributed by atoms with Crippen LogP contribution in [0.15, 0.2) is 29.3 Å². The van der Waals surface area contributed by atoms with E-state index in [1.54, 1.807) is 0 Å². The average molecular weight is 498 g/mol. The molecule has 0 radical (unpaired) electrons. The summed E-state index contributed by atoms with van der Waals surface area (Å²) >= 11 is 0. The van der Waals surface area contributed by atoms with Crippen LogP contribution in [0.1, 0.15) is 63.5 Å². The lowest BCUT2D eigenvalue weighted by molar-refractivity contribution is 0.0396. The molecule has 3 aliphatic rings. The Morgan fingerprint density at radius 2 is 2.00 bits per heavy atom. The molecule has 4 rings (SSSR count). The number of rotatable bonds is 6. The van der Waals surface area contributed by atoms with Gasteiger partial charge in [-0.25, -0.2) is 0 Å². The molecule has 1 aromatic carbocycles. The van der Waals surface area contributed by atoms with Crippen LogP contribution in [-0.2, 0) is 0 Å². The zero-order chi connectivity index (χ0) is 18.7. The third kappa shape index (κ3) is 4.93. The first-order valence-electron chi connectivity index (χ1n) is 10.7. The van der Waals surface area contributed by atoms with Gasteiger partial charge in [0, 0.05) is 38.2 Å². The van der Waals surface area contributed by atoms with Crippen molar-refractivity contribution in [2.24, 2.45) is 4.99 Å². The largest absolute Gasteiger partial charge is 0.487 e. The minimum absolute atomic E-state index is 0. The van der Waals surface area contributed by atoms with E-state index in [2.05, 4.69) is 51.7 Å². The number of halogens is 1. The van der Waals surface area contributed by atoms with Crippen molar-refractivity contribution < 1.29 is 4.74 Å². The lowest BCUT2D eigenvalue weighted by atomic mass is 9.86. The Morgan fingerprint density at radius 1 is 1.25 bits per heavy atom. The summed E-state index contributed by atoms with van der Waals surface area (Å²) in [7, 11) is 1.87. The molecule has 2 saturated carbocycles. The number of fused-ring (bicyclic) bond motifs is 1. The van der Waals surface area contributed by atoms with Crippen molar-refractivity contribution in [3.05, 3.63) is 29.8 Å². The average Bonchev–Trinajstić information content (AvgIpc) is 3.44. The highest BCUT2D eigenvalue weighted by Crippen LogP contribution is 2.46. The molecule has 0 saturated heterocycles. The summed E-state index contributed by atoms with van der Waals surface area (Å²) in [6.45, 7) is 5.40. The smallest absolute Gasteiger partial charge is 0.191 e. The molecule has 1 heterocycles. The Labute approximate surface area is 186 Å². The Hall–Kier alpha value is -1.02. The van der Waals surface area contributed by atoms with Gasteiger partial charge in [-0.2, -0.15) is 0 Å². The molecule has 156 valence electrons. The van der Waals surface area contributed by atoms with Gasteiger partial charge in [0.25, 0.3) is 0 Å². The molecule has 1 atom stereocenters. The number of nitrogens with one attached hydrogen (secondary N) is 2. The molecule has 5 nitrogen and oxygen atoms in total. The first kappa shape index (κ1) is 21.7. The zero-order valence-corrected chi connectivity index (χ0v) is 19.6. The number of hydrogen-bond donors (Lipinski definition) is 2. The van der Waals surface area contributed by atoms with Crippen LogP contribution in [0.25, 0.3) is 0 Å². The van der Waals surface area contributed by atoms with E-state index in [9.17, 15) is 0 Å². The molecule has 0 amide bonds. The SMILES string of the molecule is CCN(CCNC(=NC)NC1CC2(CCCC2)Oc2ccccc21)C1CC1.I. The molecule has 28 heavy (non-hydrogen) atoms. The molecule has 2 fully saturated rings. The lowest BCUT2D eigenvalue weighted by Gasteiger charge is -2.40. The molecule has 1 aliphatic heterocycles. The summed E-state index contributed by atoms with van der Waals surface area (Å²) in [6.07, 6.45) is 8.62. The minimum atomic E-state index is 0. The molecular weight excluding hydrogens is 463 g/mol. The first-order chi connectivity index (χ1) is 13.2. The number of para-hydroxylation sites is 1. The summed E-state index contributed by atoms with van der Waals surface area (Å²) in [5.74, 6) is 1.95. The molecule has 1 spiro atoms. The standard InChI is InChI=1S/C22H34N4O.HI/c1-3-26(17-10-11-17)15-14-24-21(23-2)25-19-16-22(12-6-7-13-22)27-20-9-5-4-8-18(19)20;/h4-5,8-9,17,19H,3,6-7,10-16H2,1-2H3,(H2,23,24,25);1H. The van der Waals surface area contributed by atoms with Gasteiger partial charge in [-0.15, -0.1) is 24.0 Å². The first-order valence-corrected chi connectivity index (χ1v) is 10.7. The van der Waals surface area contributed by atoms with Crippen LogP contribution < -0.4 is 15.4 Å². The van der Waals surface area contributed by atoms with Crippen molar-refractivity contribution in [3.63, 3.8) is 0 Å². The van der Waals surface area contributed by atoms with E-state index in [1.165, 1.54) is 44.1 Å². The summed E-state index contributed by atoms with van der Waals surface area (Å²) in [6, 6.07) is 9.56. The lowest BCUT2D eigenvalue weighted by Crippen LogP contribution is -2.47. The highest BCUT2D eigenvalue weighted by molar-refractivity contribution is 14.0. The molecule has 2 N–H and O–H groups in total. The Bertz CT molecular complexity index is 670. The summed E-state index contributed by atoms with van der Waals surface area (Å²) in [4.78, 5) is 7.06. The van der Waals surface area contributed by atoms with E-state index in [0.717, 1.165) is 43.8 Å². The van der Waals surface area contributed by atoms with Crippen molar-refractivity contribution in [2.75, 3.05) is 26.7 Å². The number of guanidine groups is 1. The quantitative estimate of drug-likeness (QED) is 0.353. The number of nitrogens with zero attached hydrogens (tertiary/aromatic N) is 2. The zero-order valence-electron chi connectivity index (χ0n) is 17.2. The van der Waals surface area contributed by atoms with Gasteiger partial charge in [0.1, 0.15) is 11.4 Å². The van der Waals surface area contributed by atoms with Crippen LogP contribution in [0.3, 0.4) is 0 Å². The predicted molar refractivity (Wildman–Crippen MR) is 126 cm³/mol. The third-order valence-electron chi connectivity index (χ3n) is 6.41. The van der Waals surface area contributed by atoms with E-state index in [4.69, 9.17) is 4.74 Å². The molecular formula is C22H35IN4O. The van der Waals surface area contributed by atoms with Crippen molar-refractivity contribution in [3.8, 4) is 5.75 Å². The number of hydrogen-bond acceptors (Lipinski definition) is 3.